The number of piperazine rings is 1. The number of benzene rings is 1. The molecule has 0 N–H and O–H groups in total. The molecule has 1 aliphatic heterocycles. The van der Waals surface area contributed by atoms with Crippen molar-refractivity contribution in [1.82, 2.24) is 9.80 Å². The first-order valence-electron chi connectivity index (χ1n) is 8.32. The molecule has 3 rings (SSSR count). The van der Waals surface area contributed by atoms with Gasteiger partial charge in [0.25, 0.3) is 5.91 Å². The molecule has 6 heteroatoms. The summed E-state index contributed by atoms with van der Waals surface area (Å²) in [6, 6.07) is 9.54. The zero-order chi connectivity index (χ0) is 17.8. The number of hydrogen-bond donors (Lipinski definition) is 0. The first-order chi connectivity index (χ1) is 12.1. The molecule has 2 amide bonds. The molecule has 5 nitrogen and oxygen atoms in total. The summed E-state index contributed by atoms with van der Waals surface area (Å²) in [6.45, 7) is 4.20. The van der Waals surface area contributed by atoms with E-state index in [1.54, 1.807) is 23.3 Å². The Morgan fingerprint density at radius 1 is 1.12 bits per heavy atom. The summed E-state index contributed by atoms with van der Waals surface area (Å²) in [7, 11) is 1.57. The highest BCUT2D eigenvalue weighted by Gasteiger charge is 2.26. The molecule has 1 aromatic heterocycles. The van der Waals surface area contributed by atoms with E-state index in [1.807, 2.05) is 47.5 Å². The van der Waals surface area contributed by atoms with Crippen molar-refractivity contribution < 1.29 is 14.3 Å². The zero-order valence-electron chi connectivity index (χ0n) is 14.5. The SMILES string of the molecule is COc1ccc(C)cc1C(=O)N1CCN(C(=O)Cc2cccs2)CC1. The Hall–Kier alpha value is -2.34. The Morgan fingerprint density at radius 3 is 2.48 bits per heavy atom. The topological polar surface area (TPSA) is 49.9 Å². The zero-order valence-corrected chi connectivity index (χ0v) is 15.3. The second-order valence-electron chi connectivity index (χ2n) is 6.13. The first-order valence-corrected chi connectivity index (χ1v) is 9.20. The van der Waals surface area contributed by atoms with Gasteiger partial charge in [0.15, 0.2) is 0 Å². The van der Waals surface area contributed by atoms with Crippen molar-refractivity contribution in [3.05, 3.63) is 51.7 Å². The molecule has 132 valence electrons. The summed E-state index contributed by atoms with van der Waals surface area (Å²) < 4.78 is 5.32. The molecule has 0 radical (unpaired) electrons. The molecule has 0 saturated carbocycles. The van der Waals surface area contributed by atoms with Crippen molar-refractivity contribution in [3.8, 4) is 5.75 Å². The number of amides is 2. The van der Waals surface area contributed by atoms with Crippen molar-refractivity contribution in [3.63, 3.8) is 0 Å². The van der Waals surface area contributed by atoms with E-state index in [9.17, 15) is 9.59 Å². The van der Waals surface area contributed by atoms with Crippen molar-refractivity contribution in [2.75, 3.05) is 33.3 Å². The lowest BCUT2D eigenvalue weighted by Gasteiger charge is -2.35. The predicted octanol–water partition coefficient (Wildman–Crippen LogP) is 2.59. The van der Waals surface area contributed by atoms with E-state index in [2.05, 4.69) is 0 Å². The van der Waals surface area contributed by atoms with Crippen LogP contribution in [0.1, 0.15) is 20.8 Å². The Bertz CT molecular complexity index is 750. The maximum atomic E-state index is 12.8. The fourth-order valence-corrected chi connectivity index (χ4v) is 3.69. The van der Waals surface area contributed by atoms with Crippen molar-refractivity contribution in [2.24, 2.45) is 0 Å². The van der Waals surface area contributed by atoms with Gasteiger partial charge < -0.3 is 14.5 Å². The number of hydrogen-bond acceptors (Lipinski definition) is 4. The van der Waals surface area contributed by atoms with Crippen LogP contribution in [-0.4, -0.2) is 54.9 Å². The second-order valence-corrected chi connectivity index (χ2v) is 7.17. The van der Waals surface area contributed by atoms with Gasteiger partial charge in [0.2, 0.25) is 5.91 Å². The van der Waals surface area contributed by atoms with E-state index >= 15 is 0 Å². The average Bonchev–Trinajstić information content (AvgIpc) is 3.14. The summed E-state index contributed by atoms with van der Waals surface area (Å²) in [5.41, 5.74) is 1.61. The molecule has 2 aromatic rings. The lowest BCUT2D eigenvalue weighted by molar-refractivity contribution is -0.131. The Labute approximate surface area is 151 Å². The van der Waals surface area contributed by atoms with Gasteiger partial charge in [-0.25, -0.2) is 0 Å². The Kier molecular flexibility index (Phi) is 5.38. The number of aryl methyl sites for hydroxylation is 1. The molecular formula is C19H22N2O3S. The third-order valence-corrected chi connectivity index (χ3v) is 5.29. The number of carbonyl (C=O) groups excluding carboxylic acids is 2. The number of thiophene rings is 1. The van der Waals surface area contributed by atoms with Crippen LogP contribution in [0, 0.1) is 6.92 Å². The number of nitrogens with zero attached hydrogens (tertiary/aromatic N) is 2. The number of methoxy groups -OCH3 is 1. The van der Waals surface area contributed by atoms with Crippen LogP contribution in [0.15, 0.2) is 35.7 Å². The molecule has 25 heavy (non-hydrogen) atoms. The third-order valence-electron chi connectivity index (χ3n) is 4.41. The maximum absolute atomic E-state index is 12.8. The molecular weight excluding hydrogens is 336 g/mol. The largest absolute Gasteiger partial charge is 0.496 e. The number of carbonyl (C=O) groups is 2. The fraction of sp³-hybridized carbons (Fsp3) is 0.368. The van der Waals surface area contributed by atoms with Gasteiger partial charge in [0.05, 0.1) is 19.1 Å². The van der Waals surface area contributed by atoms with Crippen LogP contribution >= 0.6 is 11.3 Å². The van der Waals surface area contributed by atoms with E-state index < -0.39 is 0 Å². The van der Waals surface area contributed by atoms with Crippen LogP contribution in [0.2, 0.25) is 0 Å². The van der Waals surface area contributed by atoms with Gasteiger partial charge in [0, 0.05) is 31.1 Å². The van der Waals surface area contributed by atoms with Crippen LogP contribution in [0.3, 0.4) is 0 Å². The predicted molar refractivity (Wildman–Crippen MR) is 98.2 cm³/mol. The van der Waals surface area contributed by atoms with Gasteiger partial charge >= 0.3 is 0 Å². The van der Waals surface area contributed by atoms with Gasteiger partial charge in [-0.3, -0.25) is 9.59 Å². The van der Waals surface area contributed by atoms with Crippen molar-refractivity contribution in [2.45, 2.75) is 13.3 Å². The van der Waals surface area contributed by atoms with Crippen molar-refractivity contribution >= 4 is 23.2 Å². The monoisotopic (exact) mass is 358 g/mol. The van der Waals surface area contributed by atoms with E-state index in [1.165, 1.54) is 0 Å². The minimum atomic E-state index is -0.0362. The molecule has 0 unspecified atom stereocenters. The average molecular weight is 358 g/mol. The number of rotatable bonds is 4. The van der Waals surface area contributed by atoms with Crippen molar-refractivity contribution in [1.29, 1.82) is 0 Å². The van der Waals surface area contributed by atoms with Crippen LogP contribution in [0.5, 0.6) is 5.75 Å². The van der Waals surface area contributed by atoms with E-state index in [0.717, 1.165) is 10.4 Å². The smallest absolute Gasteiger partial charge is 0.257 e. The van der Waals surface area contributed by atoms with Gasteiger partial charge in [-0.2, -0.15) is 0 Å². The molecule has 1 aromatic carbocycles. The maximum Gasteiger partial charge on any atom is 0.257 e. The minimum Gasteiger partial charge on any atom is -0.496 e. The second kappa shape index (κ2) is 7.70. The summed E-state index contributed by atoms with van der Waals surface area (Å²) in [6.07, 6.45) is 0.442. The van der Waals surface area contributed by atoms with E-state index in [0.29, 0.717) is 43.9 Å². The molecule has 1 aliphatic rings. The molecule has 1 fully saturated rings. The van der Waals surface area contributed by atoms with E-state index in [-0.39, 0.29) is 11.8 Å². The Balaban J connectivity index is 1.61. The summed E-state index contributed by atoms with van der Waals surface area (Å²) in [4.78, 5) is 29.9. The van der Waals surface area contributed by atoms with Gasteiger partial charge in [-0.15, -0.1) is 11.3 Å². The summed E-state index contributed by atoms with van der Waals surface area (Å²) in [5, 5.41) is 1.98. The highest BCUT2D eigenvalue weighted by molar-refractivity contribution is 7.10. The molecule has 0 spiro atoms. The summed E-state index contributed by atoms with van der Waals surface area (Å²) >= 11 is 1.60. The molecule has 0 bridgehead atoms. The van der Waals surface area contributed by atoms with Gasteiger partial charge in [-0.1, -0.05) is 17.7 Å². The highest BCUT2D eigenvalue weighted by Crippen LogP contribution is 2.22. The van der Waals surface area contributed by atoms with E-state index in [4.69, 9.17) is 4.74 Å². The molecule has 0 aliphatic carbocycles. The molecule has 0 atom stereocenters. The highest BCUT2D eigenvalue weighted by atomic mass is 32.1. The Morgan fingerprint density at radius 2 is 1.84 bits per heavy atom. The molecule has 2 heterocycles. The third kappa shape index (κ3) is 4.02. The van der Waals surface area contributed by atoms with Crippen LogP contribution in [0.4, 0.5) is 0 Å². The fourth-order valence-electron chi connectivity index (χ4n) is 2.99. The first kappa shape index (κ1) is 17.5. The normalized spacial score (nSPS) is 14.5. The van der Waals surface area contributed by atoms with Crippen LogP contribution in [0.25, 0.3) is 0 Å². The number of ether oxygens (including phenoxy) is 1. The quantitative estimate of drug-likeness (QED) is 0.844. The van der Waals surface area contributed by atoms with Crippen LogP contribution < -0.4 is 4.74 Å². The lowest BCUT2D eigenvalue weighted by Crippen LogP contribution is -2.51. The summed E-state index contributed by atoms with van der Waals surface area (Å²) in [5.74, 6) is 0.681. The van der Waals surface area contributed by atoms with Crippen LogP contribution in [-0.2, 0) is 11.2 Å². The van der Waals surface area contributed by atoms with Gasteiger partial charge in [-0.05, 0) is 30.5 Å². The van der Waals surface area contributed by atoms with Gasteiger partial charge in [0.1, 0.15) is 5.75 Å². The minimum absolute atomic E-state index is 0.0362. The molecule has 1 saturated heterocycles. The lowest BCUT2D eigenvalue weighted by atomic mass is 10.1. The standard InChI is InChI=1S/C19H22N2O3S/c1-14-5-6-17(24-2)16(12-14)19(23)21-9-7-20(8-10-21)18(22)13-15-4-3-11-25-15/h3-6,11-12H,7-10,13H2,1-2H3.